The number of hydrogen-bond acceptors (Lipinski definition) is 6. The standard InChI is InChI=1S/C23H25ClN6OS/c1-4-28(5-2)19-10-7-16(8-11-19)22-26-27-23(29(22)6-3)32-15-18-13-21(31)30-14-17(24)9-12-20(30)25-18/h7-14H,4-6,15H2,1-3H3. The zero-order valence-corrected chi connectivity index (χ0v) is 19.9. The van der Waals surface area contributed by atoms with Crippen LogP contribution in [-0.4, -0.2) is 37.2 Å². The number of aromatic nitrogens is 5. The molecule has 7 nitrogen and oxygen atoms in total. The van der Waals surface area contributed by atoms with E-state index in [1.807, 2.05) is 0 Å². The Morgan fingerprint density at radius 3 is 2.47 bits per heavy atom. The first-order chi connectivity index (χ1) is 15.5. The monoisotopic (exact) mass is 468 g/mol. The molecule has 0 aliphatic rings. The third-order valence-corrected chi connectivity index (χ3v) is 6.54. The minimum atomic E-state index is -0.154. The summed E-state index contributed by atoms with van der Waals surface area (Å²) < 4.78 is 3.54. The van der Waals surface area contributed by atoms with Crippen LogP contribution in [0.4, 0.5) is 5.69 Å². The van der Waals surface area contributed by atoms with Crippen LogP contribution in [0.1, 0.15) is 26.5 Å². The van der Waals surface area contributed by atoms with Crippen molar-refractivity contribution in [3.05, 3.63) is 69.7 Å². The Balaban J connectivity index is 1.55. The second-order valence-electron chi connectivity index (χ2n) is 7.22. The molecule has 0 saturated carbocycles. The van der Waals surface area contributed by atoms with Crippen LogP contribution in [0, 0.1) is 0 Å². The normalized spacial score (nSPS) is 11.2. The number of thioether (sulfide) groups is 1. The molecule has 3 aromatic heterocycles. The fraction of sp³-hybridized carbons (Fsp3) is 0.304. The van der Waals surface area contributed by atoms with Crippen LogP contribution >= 0.6 is 23.4 Å². The van der Waals surface area contributed by atoms with Crippen LogP contribution in [-0.2, 0) is 12.3 Å². The Hall–Kier alpha value is -2.84. The van der Waals surface area contributed by atoms with Gasteiger partial charge < -0.3 is 9.47 Å². The Morgan fingerprint density at radius 1 is 1.03 bits per heavy atom. The van der Waals surface area contributed by atoms with E-state index < -0.39 is 0 Å². The van der Waals surface area contributed by atoms with Gasteiger partial charge in [0.1, 0.15) is 5.65 Å². The van der Waals surface area contributed by atoms with E-state index in [4.69, 9.17) is 11.6 Å². The molecule has 9 heteroatoms. The van der Waals surface area contributed by atoms with Crippen molar-refractivity contribution in [1.29, 1.82) is 0 Å². The maximum absolute atomic E-state index is 12.4. The van der Waals surface area contributed by atoms with E-state index >= 15 is 0 Å². The van der Waals surface area contributed by atoms with Crippen molar-refractivity contribution in [1.82, 2.24) is 24.1 Å². The van der Waals surface area contributed by atoms with E-state index in [1.54, 1.807) is 18.3 Å². The quantitative estimate of drug-likeness (QED) is 0.347. The largest absolute Gasteiger partial charge is 0.372 e. The summed E-state index contributed by atoms with van der Waals surface area (Å²) >= 11 is 7.51. The number of rotatable bonds is 8. The summed E-state index contributed by atoms with van der Waals surface area (Å²) in [5, 5.41) is 10.1. The van der Waals surface area contributed by atoms with Crippen molar-refractivity contribution in [2.45, 2.75) is 38.2 Å². The zero-order chi connectivity index (χ0) is 22.7. The van der Waals surface area contributed by atoms with Crippen LogP contribution < -0.4 is 10.5 Å². The van der Waals surface area contributed by atoms with Gasteiger partial charge >= 0.3 is 0 Å². The van der Waals surface area contributed by atoms with Crippen LogP contribution in [0.3, 0.4) is 0 Å². The molecule has 0 fully saturated rings. The summed E-state index contributed by atoms with van der Waals surface area (Å²) in [6.07, 6.45) is 1.58. The minimum Gasteiger partial charge on any atom is -0.372 e. The highest BCUT2D eigenvalue weighted by Crippen LogP contribution is 2.27. The fourth-order valence-electron chi connectivity index (χ4n) is 3.64. The molecule has 32 heavy (non-hydrogen) atoms. The van der Waals surface area contributed by atoms with Gasteiger partial charge in [-0.3, -0.25) is 9.20 Å². The van der Waals surface area contributed by atoms with Gasteiger partial charge in [-0.15, -0.1) is 10.2 Å². The third kappa shape index (κ3) is 4.52. The van der Waals surface area contributed by atoms with Gasteiger partial charge in [0.15, 0.2) is 11.0 Å². The summed E-state index contributed by atoms with van der Waals surface area (Å²) in [4.78, 5) is 19.3. The third-order valence-electron chi connectivity index (χ3n) is 5.31. The molecule has 4 aromatic rings. The first kappa shape index (κ1) is 22.4. The Bertz CT molecular complexity index is 1280. The number of nitrogens with zero attached hydrogens (tertiary/aromatic N) is 6. The average Bonchev–Trinajstić information content (AvgIpc) is 3.22. The first-order valence-corrected chi connectivity index (χ1v) is 12.0. The van der Waals surface area contributed by atoms with Crippen molar-refractivity contribution < 1.29 is 0 Å². The predicted octanol–water partition coefficient (Wildman–Crippen LogP) is 4.76. The van der Waals surface area contributed by atoms with Crippen molar-refractivity contribution >= 4 is 34.7 Å². The number of halogens is 1. The SMILES string of the molecule is CCN(CC)c1ccc(-c2nnc(SCc3cc(=O)n4cc(Cl)ccc4n3)n2CC)cc1. The first-order valence-electron chi connectivity index (χ1n) is 10.6. The Kier molecular flexibility index (Phi) is 6.81. The second kappa shape index (κ2) is 9.75. The van der Waals surface area contributed by atoms with Gasteiger partial charge in [0.25, 0.3) is 5.56 Å². The summed E-state index contributed by atoms with van der Waals surface area (Å²) in [6.45, 7) is 9.08. The smallest absolute Gasteiger partial charge is 0.258 e. The molecule has 4 rings (SSSR count). The van der Waals surface area contributed by atoms with Crippen molar-refractivity contribution in [2.24, 2.45) is 0 Å². The molecule has 0 aliphatic heterocycles. The molecule has 0 amide bonds. The van der Waals surface area contributed by atoms with Gasteiger partial charge in [-0.1, -0.05) is 23.4 Å². The summed E-state index contributed by atoms with van der Waals surface area (Å²) in [5.41, 5.74) is 3.34. The molecule has 0 saturated heterocycles. The number of hydrogen-bond donors (Lipinski definition) is 0. The number of pyridine rings is 1. The lowest BCUT2D eigenvalue weighted by atomic mass is 10.2. The molecule has 1 aromatic carbocycles. The van der Waals surface area contributed by atoms with E-state index in [-0.39, 0.29) is 5.56 Å². The Labute approximate surface area is 196 Å². The second-order valence-corrected chi connectivity index (χ2v) is 8.60. The molecular formula is C23H25ClN6OS. The Morgan fingerprint density at radius 2 is 1.78 bits per heavy atom. The molecule has 0 N–H and O–H groups in total. The highest BCUT2D eigenvalue weighted by molar-refractivity contribution is 7.98. The van der Waals surface area contributed by atoms with Gasteiger partial charge in [0.2, 0.25) is 0 Å². The van der Waals surface area contributed by atoms with Gasteiger partial charge in [-0.25, -0.2) is 4.98 Å². The average molecular weight is 469 g/mol. The van der Waals surface area contributed by atoms with Crippen LogP contribution in [0.25, 0.3) is 17.0 Å². The fourth-order valence-corrected chi connectivity index (χ4v) is 4.70. The van der Waals surface area contributed by atoms with E-state index in [2.05, 4.69) is 69.7 Å². The van der Waals surface area contributed by atoms with E-state index in [1.165, 1.54) is 27.9 Å². The molecular weight excluding hydrogens is 444 g/mol. The molecule has 0 aliphatic carbocycles. The minimum absolute atomic E-state index is 0.154. The molecule has 0 bridgehead atoms. The topological polar surface area (TPSA) is 68.3 Å². The van der Waals surface area contributed by atoms with Gasteiger partial charge in [0.05, 0.1) is 10.7 Å². The highest BCUT2D eigenvalue weighted by atomic mass is 35.5. The van der Waals surface area contributed by atoms with E-state index in [0.29, 0.717) is 22.1 Å². The summed E-state index contributed by atoms with van der Waals surface area (Å²) in [6, 6.07) is 13.4. The van der Waals surface area contributed by atoms with E-state index in [9.17, 15) is 4.79 Å². The lowest BCUT2D eigenvalue weighted by Gasteiger charge is -2.21. The lowest BCUT2D eigenvalue weighted by molar-refractivity contribution is 0.687. The van der Waals surface area contributed by atoms with Crippen LogP contribution in [0.2, 0.25) is 5.02 Å². The zero-order valence-electron chi connectivity index (χ0n) is 18.3. The van der Waals surface area contributed by atoms with E-state index in [0.717, 1.165) is 36.2 Å². The van der Waals surface area contributed by atoms with Crippen molar-refractivity contribution in [3.63, 3.8) is 0 Å². The molecule has 3 heterocycles. The number of anilines is 1. The van der Waals surface area contributed by atoms with Crippen LogP contribution in [0.15, 0.2) is 58.6 Å². The van der Waals surface area contributed by atoms with Crippen molar-refractivity contribution in [2.75, 3.05) is 18.0 Å². The molecule has 0 unspecified atom stereocenters. The summed E-state index contributed by atoms with van der Waals surface area (Å²) in [5.74, 6) is 1.36. The highest BCUT2D eigenvalue weighted by Gasteiger charge is 2.14. The number of fused-ring (bicyclic) bond motifs is 1. The molecule has 0 radical (unpaired) electrons. The van der Waals surface area contributed by atoms with Gasteiger partial charge in [-0.05, 0) is 57.2 Å². The maximum atomic E-state index is 12.4. The maximum Gasteiger partial charge on any atom is 0.258 e. The number of benzene rings is 1. The predicted molar refractivity (Wildman–Crippen MR) is 131 cm³/mol. The molecule has 0 atom stereocenters. The van der Waals surface area contributed by atoms with Crippen molar-refractivity contribution in [3.8, 4) is 11.4 Å². The van der Waals surface area contributed by atoms with Gasteiger partial charge in [-0.2, -0.15) is 0 Å². The van der Waals surface area contributed by atoms with Crippen LogP contribution in [0.5, 0.6) is 0 Å². The molecule has 0 spiro atoms. The lowest BCUT2D eigenvalue weighted by Crippen LogP contribution is -2.21. The molecule has 166 valence electrons. The summed E-state index contributed by atoms with van der Waals surface area (Å²) in [7, 11) is 0. The van der Waals surface area contributed by atoms with Gasteiger partial charge in [0, 0.05) is 48.9 Å².